The number of halogens is 3. The lowest BCUT2D eigenvalue weighted by Gasteiger charge is -2.06. The van der Waals surface area contributed by atoms with Crippen LogP contribution in [0.5, 0.6) is 0 Å². The Bertz CT molecular complexity index is 988. The molecule has 2 heterocycles. The van der Waals surface area contributed by atoms with Crippen LogP contribution in [-0.2, 0) is 6.18 Å². The number of alkyl halides is 3. The first-order valence-electron chi connectivity index (χ1n) is 6.98. The molecule has 0 amide bonds. The minimum absolute atomic E-state index is 0.414. The summed E-state index contributed by atoms with van der Waals surface area (Å²) in [6.07, 6.45) is -4.36. The van der Waals surface area contributed by atoms with Gasteiger partial charge in [-0.25, -0.2) is 0 Å². The van der Waals surface area contributed by atoms with Crippen LogP contribution in [0.3, 0.4) is 0 Å². The maximum atomic E-state index is 12.7. The molecule has 0 saturated carbocycles. The fraction of sp³-hybridized carbons (Fsp3) is 0.0625. The van der Waals surface area contributed by atoms with Gasteiger partial charge in [0, 0.05) is 11.1 Å². The Morgan fingerprint density at radius 3 is 2.21 bits per heavy atom. The van der Waals surface area contributed by atoms with E-state index in [1.165, 1.54) is 23.5 Å². The van der Waals surface area contributed by atoms with E-state index in [2.05, 4.69) is 15.3 Å². The van der Waals surface area contributed by atoms with Crippen LogP contribution < -0.4 is 0 Å². The van der Waals surface area contributed by atoms with Gasteiger partial charge in [-0.15, -0.1) is 10.2 Å². The van der Waals surface area contributed by atoms with Crippen molar-refractivity contribution in [3.05, 3.63) is 60.2 Å². The molecule has 0 N–H and O–H groups in total. The predicted molar refractivity (Wildman–Crippen MR) is 84.5 cm³/mol. The Balaban J connectivity index is 1.76. The number of rotatable bonds is 2. The molecule has 2 aromatic heterocycles. The summed E-state index contributed by atoms with van der Waals surface area (Å²) in [6.45, 7) is 0. The minimum Gasteiger partial charge on any atom is -0.182 e. The number of fused-ring (bicyclic) bond motifs is 1. The first kappa shape index (κ1) is 14.8. The molecule has 0 bridgehead atoms. The molecule has 0 saturated heterocycles. The van der Waals surface area contributed by atoms with Crippen molar-refractivity contribution < 1.29 is 13.2 Å². The maximum absolute atomic E-state index is 12.7. The molecule has 8 heteroatoms. The predicted octanol–water partition coefficient (Wildman–Crippen LogP) is 4.54. The molecule has 0 unspecified atom stereocenters. The first-order valence-corrected chi connectivity index (χ1v) is 7.79. The summed E-state index contributed by atoms with van der Waals surface area (Å²) in [7, 11) is 0. The summed E-state index contributed by atoms with van der Waals surface area (Å²) >= 11 is 1.37. The highest BCUT2D eigenvalue weighted by Gasteiger charge is 2.30. The van der Waals surface area contributed by atoms with Crippen LogP contribution in [0.1, 0.15) is 5.56 Å². The summed E-state index contributed by atoms with van der Waals surface area (Å²) in [5, 5.41) is 13.3. The molecule has 0 aliphatic carbocycles. The standard InChI is InChI=1S/C16H9F3N4S/c17-16(18,19)12-8-6-10(7-9-12)13-20-21-15-23(13)22-14(24-15)11-4-2-1-3-5-11/h1-9H. The van der Waals surface area contributed by atoms with Gasteiger partial charge in [0.05, 0.1) is 5.56 Å². The van der Waals surface area contributed by atoms with E-state index in [1.807, 2.05) is 30.3 Å². The third-order valence-corrected chi connectivity index (χ3v) is 4.43. The fourth-order valence-corrected chi connectivity index (χ4v) is 3.15. The van der Waals surface area contributed by atoms with Crippen LogP contribution >= 0.6 is 11.3 Å². The van der Waals surface area contributed by atoms with E-state index in [9.17, 15) is 13.2 Å². The second-order valence-electron chi connectivity index (χ2n) is 5.07. The number of benzene rings is 2. The average Bonchev–Trinajstić information content (AvgIpc) is 3.15. The Morgan fingerprint density at radius 2 is 1.54 bits per heavy atom. The van der Waals surface area contributed by atoms with Gasteiger partial charge < -0.3 is 0 Å². The van der Waals surface area contributed by atoms with Crippen molar-refractivity contribution in [3.63, 3.8) is 0 Å². The van der Waals surface area contributed by atoms with E-state index in [0.29, 0.717) is 16.3 Å². The lowest BCUT2D eigenvalue weighted by molar-refractivity contribution is -0.137. The van der Waals surface area contributed by atoms with E-state index >= 15 is 0 Å². The SMILES string of the molecule is FC(F)(F)c1ccc(-c2nnc3sc(-c4ccccc4)nn23)cc1. The van der Waals surface area contributed by atoms with Crippen molar-refractivity contribution in [2.45, 2.75) is 6.18 Å². The van der Waals surface area contributed by atoms with Gasteiger partial charge in [-0.2, -0.15) is 22.8 Å². The van der Waals surface area contributed by atoms with Gasteiger partial charge in [0.25, 0.3) is 0 Å². The Hall–Kier alpha value is -2.74. The zero-order valence-corrected chi connectivity index (χ0v) is 12.8. The van der Waals surface area contributed by atoms with Gasteiger partial charge in [-0.3, -0.25) is 0 Å². The molecular formula is C16H9F3N4S. The van der Waals surface area contributed by atoms with Crippen LogP contribution in [0.15, 0.2) is 54.6 Å². The molecular weight excluding hydrogens is 337 g/mol. The molecule has 4 aromatic rings. The second kappa shape index (κ2) is 5.41. The number of aromatic nitrogens is 4. The molecule has 24 heavy (non-hydrogen) atoms. The van der Waals surface area contributed by atoms with Crippen molar-refractivity contribution in [2.75, 3.05) is 0 Å². The number of hydrogen-bond acceptors (Lipinski definition) is 4. The van der Waals surface area contributed by atoms with Gasteiger partial charge in [-0.05, 0) is 12.1 Å². The zero-order chi connectivity index (χ0) is 16.7. The van der Waals surface area contributed by atoms with Crippen molar-refractivity contribution in [1.29, 1.82) is 0 Å². The molecule has 4 rings (SSSR count). The van der Waals surface area contributed by atoms with E-state index < -0.39 is 11.7 Å². The molecule has 0 atom stereocenters. The van der Waals surface area contributed by atoms with Gasteiger partial charge in [0.2, 0.25) is 4.96 Å². The van der Waals surface area contributed by atoms with Crippen LogP contribution in [0.2, 0.25) is 0 Å². The monoisotopic (exact) mass is 346 g/mol. The van der Waals surface area contributed by atoms with Crippen LogP contribution in [0.4, 0.5) is 13.2 Å². The molecule has 4 nitrogen and oxygen atoms in total. The van der Waals surface area contributed by atoms with E-state index in [0.717, 1.165) is 22.7 Å². The normalized spacial score (nSPS) is 12.0. The lowest BCUT2D eigenvalue weighted by atomic mass is 10.1. The van der Waals surface area contributed by atoms with Crippen molar-refractivity contribution in [3.8, 4) is 22.0 Å². The second-order valence-corrected chi connectivity index (χ2v) is 6.02. The Morgan fingerprint density at radius 1 is 0.833 bits per heavy atom. The quantitative estimate of drug-likeness (QED) is 0.535. The van der Waals surface area contributed by atoms with E-state index in [1.54, 1.807) is 4.52 Å². The number of hydrogen-bond donors (Lipinski definition) is 0. The maximum Gasteiger partial charge on any atom is 0.416 e. The van der Waals surface area contributed by atoms with Gasteiger partial charge in [-0.1, -0.05) is 53.8 Å². The molecule has 0 aliphatic heterocycles. The highest BCUT2D eigenvalue weighted by atomic mass is 32.1. The lowest BCUT2D eigenvalue weighted by Crippen LogP contribution is -2.04. The topological polar surface area (TPSA) is 43.1 Å². The average molecular weight is 346 g/mol. The van der Waals surface area contributed by atoms with Crippen LogP contribution in [0.25, 0.3) is 26.9 Å². The summed E-state index contributed by atoms with van der Waals surface area (Å²) in [5.74, 6) is 0.414. The van der Waals surface area contributed by atoms with Gasteiger partial charge in [0.15, 0.2) is 5.82 Å². The Kier molecular flexibility index (Phi) is 3.34. The molecule has 2 aromatic carbocycles. The smallest absolute Gasteiger partial charge is 0.182 e. The van der Waals surface area contributed by atoms with Crippen molar-refractivity contribution in [2.24, 2.45) is 0 Å². The molecule has 0 fully saturated rings. The fourth-order valence-electron chi connectivity index (χ4n) is 2.30. The van der Waals surface area contributed by atoms with Crippen LogP contribution in [0, 0.1) is 0 Å². The minimum atomic E-state index is -4.36. The number of nitrogens with zero attached hydrogens (tertiary/aromatic N) is 4. The van der Waals surface area contributed by atoms with Crippen LogP contribution in [-0.4, -0.2) is 19.8 Å². The third kappa shape index (κ3) is 2.54. The van der Waals surface area contributed by atoms with Gasteiger partial charge >= 0.3 is 6.18 Å². The molecule has 0 aliphatic rings. The summed E-state index contributed by atoms with van der Waals surface area (Å²) < 4.78 is 39.5. The summed E-state index contributed by atoms with van der Waals surface area (Å²) in [4.78, 5) is 0.587. The third-order valence-electron chi connectivity index (χ3n) is 3.48. The highest BCUT2D eigenvalue weighted by Crippen LogP contribution is 2.32. The summed E-state index contributed by atoms with van der Waals surface area (Å²) in [5.41, 5.74) is 0.780. The van der Waals surface area contributed by atoms with E-state index in [-0.39, 0.29) is 0 Å². The zero-order valence-electron chi connectivity index (χ0n) is 12.0. The summed E-state index contributed by atoms with van der Waals surface area (Å²) in [6, 6.07) is 14.4. The van der Waals surface area contributed by atoms with Gasteiger partial charge in [0.1, 0.15) is 5.01 Å². The van der Waals surface area contributed by atoms with Crippen molar-refractivity contribution >= 4 is 16.3 Å². The molecule has 0 radical (unpaired) electrons. The highest BCUT2D eigenvalue weighted by molar-refractivity contribution is 7.19. The first-order chi connectivity index (χ1) is 11.5. The molecule has 0 spiro atoms. The Labute approximate surface area is 138 Å². The van der Waals surface area contributed by atoms with Crippen molar-refractivity contribution in [1.82, 2.24) is 19.8 Å². The molecule has 120 valence electrons. The largest absolute Gasteiger partial charge is 0.416 e. The van der Waals surface area contributed by atoms with E-state index in [4.69, 9.17) is 0 Å².